The molecule has 2 rings (SSSR count). The van der Waals surface area contributed by atoms with Crippen LogP contribution in [0.2, 0.25) is 0 Å². The highest BCUT2D eigenvalue weighted by Crippen LogP contribution is 2.20. The van der Waals surface area contributed by atoms with Gasteiger partial charge in [0.15, 0.2) is 0 Å². The maximum absolute atomic E-state index is 5.57. The summed E-state index contributed by atoms with van der Waals surface area (Å²) in [4.78, 5) is 0. The van der Waals surface area contributed by atoms with E-state index in [1.807, 2.05) is 0 Å². The number of benzene rings is 1. The third kappa shape index (κ3) is 2.66. The molecular weight excluding hydrogens is 199 g/mol. The monoisotopic (exact) mass is 218 g/mol. The lowest BCUT2D eigenvalue weighted by Gasteiger charge is -2.22. The van der Waals surface area contributed by atoms with Crippen LogP contribution in [0, 0.1) is 0 Å². The second kappa shape index (κ2) is 4.60. The minimum absolute atomic E-state index is 0.164. The quantitative estimate of drug-likeness (QED) is 0.672. The molecule has 0 spiro atoms. The van der Waals surface area contributed by atoms with E-state index in [9.17, 15) is 0 Å². The fraction of sp³-hybridized carbons (Fsp3) is 0.538. The van der Waals surface area contributed by atoms with E-state index < -0.39 is 0 Å². The molecule has 1 aliphatic rings. The van der Waals surface area contributed by atoms with Crippen molar-refractivity contribution in [2.45, 2.75) is 32.6 Å². The lowest BCUT2D eigenvalue weighted by Crippen LogP contribution is -2.40. The summed E-state index contributed by atoms with van der Waals surface area (Å²) in [6.45, 7) is 8.25. The van der Waals surface area contributed by atoms with Crippen LogP contribution in [0.15, 0.2) is 24.3 Å². The Labute approximate surface area is 98.1 Å². The van der Waals surface area contributed by atoms with Gasteiger partial charge >= 0.3 is 7.12 Å². The van der Waals surface area contributed by atoms with Gasteiger partial charge in [-0.25, -0.2) is 0 Å². The second-order valence-corrected chi connectivity index (χ2v) is 5.30. The lowest BCUT2D eigenvalue weighted by atomic mass is 9.76. The van der Waals surface area contributed by atoms with E-state index in [2.05, 4.69) is 45.0 Å². The van der Waals surface area contributed by atoms with Crippen LogP contribution >= 0.6 is 0 Å². The van der Waals surface area contributed by atoms with Gasteiger partial charge in [-0.2, -0.15) is 0 Å². The molecule has 0 bridgehead atoms. The van der Waals surface area contributed by atoms with Gasteiger partial charge in [0.25, 0.3) is 0 Å². The highest BCUT2D eigenvalue weighted by Gasteiger charge is 2.24. The van der Waals surface area contributed by atoms with Gasteiger partial charge in [0.1, 0.15) is 0 Å². The smallest absolute Gasteiger partial charge is 0.407 e. The molecule has 1 fully saturated rings. The summed E-state index contributed by atoms with van der Waals surface area (Å²) in [5, 5.41) is 0. The molecule has 0 atom stereocenters. The molecule has 2 nitrogen and oxygen atoms in total. The van der Waals surface area contributed by atoms with Gasteiger partial charge in [0.2, 0.25) is 0 Å². The maximum atomic E-state index is 5.57. The van der Waals surface area contributed by atoms with E-state index in [4.69, 9.17) is 9.31 Å². The number of rotatable bonds is 1. The predicted octanol–water partition coefficient (Wildman–Crippen LogP) is 2.12. The summed E-state index contributed by atoms with van der Waals surface area (Å²) in [6.07, 6.45) is 0.997. The van der Waals surface area contributed by atoms with Crippen LogP contribution in [-0.4, -0.2) is 20.3 Å². The summed E-state index contributed by atoms with van der Waals surface area (Å²) >= 11 is 0. The van der Waals surface area contributed by atoms with Crippen LogP contribution in [0.1, 0.15) is 32.8 Å². The van der Waals surface area contributed by atoms with Crippen LogP contribution in [-0.2, 0) is 14.7 Å². The largest absolute Gasteiger partial charge is 0.493 e. The van der Waals surface area contributed by atoms with Crippen LogP contribution in [0.4, 0.5) is 0 Å². The van der Waals surface area contributed by atoms with Crippen molar-refractivity contribution in [1.29, 1.82) is 0 Å². The Bertz CT molecular complexity index is 334. The van der Waals surface area contributed by atoms with Gasteiger partial charge in [-0.3, -0.25) is 0 Å². The Hall–Kier alpha value is -0.795. The first-order valence-electron chi connectivity index (χ1n) is 5.91. The second-order valence-electron chi connectivity index (χ2n) is 5.30. The molecule has 0 aromatic heterocycles. The van der Waals surface area contributed by atoms with Gasteiger partial charge in [-0.15, -0.1) is 0 Å². The van der Waals surface area contributed by atoms with Gasteiger partial charge in [0.05, 0.1) is 0 Å². The van der Waals surface area contributed by atoms with Crippen molar-refractivity contribution in [3.63, 3.8) is 0 Å². The van der Waals surface area contributed by atoms with Crippen molar-refractivity contribution >= 4 is 12.6 Å². The van der Waals surface area contributed by atoms with Crippen molar-refractivity contribution in [2.24, 2.45) is 0 Å². The molecule has 0 radical (unpaired) electrons. The molecule has 0 amide bonds. The van der Waals surface area contributed by atoms with Crippen LogP contribution in [0.5, 0.6) is 0 Å². The summed E-state index contributed by atoms with van der Waals surface area (Å²) < 4.78 is 11.1. The first kappa shape index (κ1) is 11.7. The zero-order valence-corrected chi connectivity index (χ0v) is 10.3. The van der Waals surface area contributed by atoms with Crippen molar-refractivity contribution in [1.82, 2.24) is 0 Å². The van der Waals surface area contributed by atoms with Crippen molar-refractivity contribution < 1.29 is 9.31 Å². The van der Waals surface area contributed by atoms with Crippen LogP contribution in [0.3, 0.4) is 0 Å². The molecule has 86 valence electrons. The van der Waals surface area contributed by atoms with E-state index in [1.165, 1.54) is 5.56 Å². The standard InChI is InChI=1S/C13H19BO2/c1-13(2,3)11-5-7-12(8-6-11)14-15-9-4-10-16-14/h5-8H,4,9-10H2,1-3H3. The van der Waals surface area contributed by atoms with Crippen LogP contribution in [0.25, 0.3) is 0 Å². The van der Waals surface area contributed by atoms with Crippen molar-refractivity contribution in [3.8, 4) is 0 Å². The molecule has 0 N–H and O–H groups in total. The zero-order valence-electron chi connectivity index (χ0n) is 10.3. The Morgan fingerprint density at radius 3 is 2.06 bits per heavy atom. The molecular formula is C13H19BO2. The third-order valence-corrected chi connectivity index (χ3v) is 2.88. The van der Waals surface area contributed by atoms with Gasteiger partial charge < -0.3 is 9.31 Å². The summed E-state index contributed by atoms with van der Waals surface area (Å²) in [6, 6.07) is 8.54. The number of hydrogen-bond acceptors (Lipinski definition) is 2. The fourth-order valence-corrected chi connectivity index (χ4v) is 1.82. The Kier molecular flexibility index (Phi) is 3.36. The van der Waals surface area contributed by atoms with Crippen molar-refractivity contribution in [2.75, 3.05) is 13.2 Å². The summed E-state index contributed by atoms with van der Waals surface area (Å²) in [5.41, 5.74) is 2.66. The highest BCUT2D eigenvalue weighted by molar-refractivity contribution is 6.61. The van der Waals surface area contributed by atoms with E-state index >= 15 is 0 Å². The molecule has 16 heavy (non-hydrogen) atoms. The van der Waals surface area contributed by atoms with Gasteiger partial charge in [-0.1, -0.05) is 45.0 Å². The Balaban J connectivity index is 2.12. The first-order valence-corrected chi connectivity index (χ1v) is 5.91. The average molecular weight is 218 g/mol. The van der Waals surface area contributed by atoms with Gasteiger partial charge in [-0.05, 0) is 22.9 Å². The molecule has 0 aliphatic carbocycles. The molecule has 0 unspecified atom stereocenters. The average Bonchev–Trinajstić information content (AvgIpc) is 2.29. The molecule has 0 saturated carbocycles. The molecule has 1 aromatic rings. The van der Waals surface area contributed by atoms with Crippen molar-refractivity contribution in [3.05, 3.63) is 29.8 Å². The number of hydrogen-bond donors (Lipinski definition) is 0. The Morgan fingerprint density at radius 2 is 1.56 bits per heavy atom. The molecule has 1 saturated heterocycles. The normalized spacial score (nSPS) is 17.6. The topological polar surface area (TPSA) is 18.5 Å². The molecule has 3 heteroatoms. The summed E-state index contributed by atoms with van der Waals surface area (Å²) in [7, 11) is -0.164. The molecule has 1 aliphatic heterocycles. The molecule has 1 heterocycles. The zero-order chi connectivity index (χ0) is 11.6. The van der Waals surface area contributed by atoms with E-state index in [-0.39, 0.29) is 12.5 Å². The third-order valence-electron chi connectivity index (χ3n) is 2.88. The summed E-state index contributed by atoms with van der Waals surface area (Å²) in [5.74, 6) is 0. The van der Waals surface area contributed by atoms with Gasteiger partial charge in [0, 0.05) is 13.2 Å². The fourth-order valence-electron chi connectivity index (χ4n) is 1.82. The Morgan fingerprint density at radius 1 is 1.00 bits per heavy atom. The molecule has 1 aromatic carbocycles. The van der Waals surface area contributed by atoms with E-state index in [1.54, 1.807) is 0 Å². The van der Waals surface area contributed by atoms with Crippen LogP contribution < -0.4 is 5.46 Å². The van der Waals surface area contributed by atoms with E-state index in [0.717, 1.165) is 25.1 Å². The van der Waals surface area contributed by atoms with E-state index in [0.29, 0.717) is 0 Å². The highest BCUT2D eigenvalue weighted by atomic mass is 16.6. The predicted molar refractivity (Wildman–Crippen MR) is 67.1 cm³/mol. The minimum atomic E-state index is -0.164. The SMILES string of the molecule is CC(C)(C)c1ccc(B2OCCCO2)cc1. The maximum Gasteiger partial charge on any atom is 0.493 e. The first-order chi connectivity index (χ1) is 7.57. The lowest BCUT2D eigenvalue weighted by molar-refractivity contribution is 0.143. The minimum Gasteiger partial charge on any atom is -0.407 e.